The first-order valence-electron chi connectivity index (χ1n) is 8.00. The Balaban J connectivity index is 1.50. The van der Waals surface area contributed by atoms with Crippen LogP contribution in [0.1, 0.15) is 30.2 Å². The molecule has 0 radical (unpaired) electrons. The fourth-order valence-corrected chi connectivity index (χ4v) is 5.20. The molecule has 1 unspecified atom stereocenters. The Kier molecular flexibility index (Phi) is 3.44. The first-order valence-corrected chi connectivity index (χ1v) is 8.82. The number of carboxylic acid groups (broad SMARTS) is 1. The van der Waals surface area contributed by atoms with Gasteiger partial charge in [0.2, 0.25) is 5.91 Å². The molecule has 1 aromatic carbocycles. The van der Waals surface area contributed by atoms with Crippen LogP contribution in [0.4, 0.5) is 0 Å². The highest BCUT2D eigenvalue weighted by molar-refractivity contribution is 7.19. The monoisotopic (exact) mass is 345 g/mol. The van der Waals surface area contributed by atoms with Gasteiger partial charge in [0.15, 0.2) is 0 Å². The Labute approximate surface area is 143 Å². The highest BCUT2D eigenvalue weighted by atomic mass is 32.1. The van der Waals surface area contributed by atoms with Gasteiger partial charge in [0.05, 0.1) is 23.5 Å². The molecule has 2 aromatic rings. The minimum Gasteiger partial charge on any atom is -0.481 e. The summed E-state index contributed by atoms with van der Waals surface area (Å²) in [5.74, 6) is -0.805. The van der Waals surface area contributed by atoms with Gasteiger partial charge in [-0.1, -0.05) is 18.2 Å². The van der Waals surface area contributed by atoms with E-state index >= 15 is 0 Å². The Morgan fingerprint density at radius 1 is 1.29 bits per heavy atom. The summed E-state index contributed by atoms with van der Waals surface area (Å²) >= 11 is 1.65. The number of hydrogen-bond acceptors (Lipinski definition) is 4. The predicted octanol–water partition coefficient (Wildman–Crippen LogP) is 2.96. The second kappa shape index (κ2) is 5.29. The molecule has 3 saturated carbocycles. The van der Waals surface area contributed by atoms with Crippen molar-refractivity contribution in [3.63, 3.8) is 0 Å². The van der Waals surface area contributed by atoms with Gasteiger partial charge < -0.3 is 15.2 Å². The number of carbonyl (C=O) groups excluding carboxylic acids is 1. The molecule has 3 fully saturated rings. The summed E-state index contributed by atoms with van der Waals surface area (Å²) in [6.07, 6.45) is 1.40. The maximum absolute atomic E-state index is 12.7. The lowest BCUT2D eigenvalue weighted by Gasteiger charge is -2.66. The lowest BCUT2D eigenvalue weighted by Crippen LogP contribution is -2.70. The fraction of sp³-hybridized carbons (Fsp3) is 0.444. The number of benzene rings is 1. The molecule has 2 N–H and O–H groups in total. The van der Waals surface area contributed by atoms with Gasteiger partial charge in [0.1, 0.15) is 0 Å². The van der Waals surface area contributed by atoms with Gasteiger partial charge in [-0.2, -0.15) is 0 Å². The molecule has 0 spiro atoms. The normalized spacial score (nSPS) is 28.7. The van der Waals surface area contributed by atoms with Crippen molar-refractivity contribution in [3.05, 3.63) is 35.2 Å². The predicted molar refractivity (Wildman–Crippen MR) is 90.9 cm³/mol. The molecule has 0 saturated heterocycles. The number of methoxy groups -OCH3 is 1. The van der Waals surface area contributed by atoms with Gasteiger partial charge >= 0.3 is 5.97 Å². The number of amides is 1. The third-order valence-corrected chi connectivity index (χ3v) is 6.62. The topological polar surface area (TPSA) is 75.6 Å². The highest BCUT2D eigenvalue weighted by Gasteiger charge is 2.75. The zero-order valence-electron chi connectivity index (χ0n) is 13.4. The Morgan fingerprint density at radius 3 is 2.62 bits per heavy atom. The molecule has 1 amide bonds. The van der Waals surface area contributed by atoms with Gasteiger partial charge in [-0.15, -0.1) is 11.3 Å². The van der Waals surface area contributed by atoms with Crippen molar-refractivity contribution in [1.29, 1.82) is 0 Å². The van der Waals surface area contributed by atoms with Crippen molar-refractivity contribution in [3.8, 4) is 0 Å². The summed E-state index contributed by atoms with van der Waals surface area (Å²) in [4.78, 5) is 24.9. The number of carbonyl (C=O) groups is 2. The van der Waals surface area contributed by atoms with E-state index in [1.807, 2.05) is 12.1 Å². The van der Waals surface area contributed by atoms with Gasteiger partial charge in [-0.05, 0) is 36.8 Å². The number of fused-ring (bicyclic) bond motifs is 1. The van der Waals surface area contributed by atoms with E-state index in [2.05, 4.69) is 23.5 Å². The minimum absolute atomic E-state index is 0.0369. The summed E-state index contributed by atoms with van der Waals surface area (Å²) in [5.41, 5.74) is -1.10. The van der Waals surface area contributed by atoms with Crippen LogP contribution in [0.15, 0.2) is 30.3 Å². The molecule has 3 aliphatic carbocycles. The summed E-state index contributed by atoms with van der Waals surface area (Å²) in [5, 5.41) is 13.4. The Morgan fingerprint density at radius 2 is 2.00 bits per heavy atom. The molecule has 24 heavy (non-hydrogen) atoms. The molecule has 1 heterocycles. The van der Waals surface area contributed by atoms with Crippen LogP contribution in [-0.2, 0) is 14.3 Å². The van der Waals surface area contributed by atoms with Crippen molar-refractivity contribution in [2.24, 2.45) is 10.8 Å². The maximum Gasteiger partial charge on any atom is 0.309 e. The standard InChI is InChI=1S/C18H19NO4S/c1-23-7-12(14-6-11-4-2-3-5-13(11)24-14)19-15(20)17-8-18(9-17,10-17)16(21)22/h2-6,12H,7-10H2,1H3,(H,19,20)(H,21,22). The van der Waals surface area contributed by atoms with Crippen LogP contribution in [0.5, 0.6) is 0 Å². The van der Waals surface area contributed by atoms with Gasteiger partial charge in [-0.3, -0.25) is 9.59 Å². The summed E-state index contributed by atoms with van der Waals surface area (Å²) in [6.45, 7) is 0.402. The van der Waals surface area contributed by atoms with E-state index < -0.39 is 16.8 Å². The number of carboxylic acids is 1. The molecule has 2 bridgehead atoms. The number of hydrogen-bond donors (Lipinski definition) is 2. The number of aliphatic carboxylic acids is 1. The van der Waals surface area contributed by atoms with E-state index in [1.54, 1.807) is 18.4 Å². The van der Waals surface area contributed by atoms with Crippen LogP contribution >= 0.6 is 11.3 Å². The summed E-state index contributed by atoms with van der Waals surface area (Å²) < 4.78 is 6.47. The van der Waals surface area contributed by atoms with E-state index in [9.17, 15) is 14.7 Å². The van der Waals surface area contributed by atoms with Crippen molar-refractivity contribution < 1.29 is 19.4 Å². The summed E-state index contributed by atoms with van der Waals surface area (Å²) in [6, 6.07) is 10.0. The maximum atomic E-state index is 12.7. The molecule has 1 atom stereocenters. The van der Waals surface area contributed by atoms with Crippen LogP contribution in [0.3, 0.4) is 0 Å². The fourth-order valence-electron chi connectivity index (χ4n) is 4.10. The van der Waals surface area contributed by atoms with Crippen LogP contribution < -0.4 is 5.32 Å². The molecule has 6 heteroatoms. The van der Waals surface area contributed by atoms with E-state index in [4.69, 9.17) is 4.74 Å². The van der Waals surface area contributed by atoms with Gasteiger partial charge in [0.25, 0.3) is 0 Å². The van der Waals surface area contributed by atoms with E-state index in [0.29, 0.717) is 25.9 Å². The van der Waals surface area contributed by atoms with Crippen LogP contribution in [-0.4, -0.2) is 30.7 Å². The number of rotatable bonds is 6. The van der Waals surface area contributed by atoms with E-state index in [1.165, 1.54) is 4.70 Å². The molecule has 0 aliphatic heterocycles. The van der Waals surface area contributed by atoms with Crippen LogP contribution in [0.2, 0.25) is 0 Å². The molecule has 3 aliphatic rings. The van der Waals surface area contributed by atoms with Crippen molar-refractivity contribution in [1.82, 2.24) is 5.32 Å². The van der Waals surface area contributed by atoms with Crippen molar-refractivity contribution in [2.45, 2.75) is 25.3 Å². The second-order valence-corrected chi connectivity index (χ2v) is 8.18. The molecule has 1 aromatic heterocycles. The first kappa shape index (κ1) is 15.6. The molecular weight excluding hydrogens is 326 g/mol. The first-order chi connectivity index (χ1) is 11.5. The average molecular weight is 345 g/mol. The lowest BCUT2D eigenvalue weighted by atomic mass is 9.35. The minimum atomic E-state index is -0.768. The van der Waals surface area contributed by atoms with Gasteiger partial charge in [0, 0.05) is 16.7 Å². The zero-order valence-corrected chi connectivity index (χ0v) is 14.2. The molecule has 5 rings (SSSR count). The lowest BCUT2D eigenvalue weighted by molar-refractivity contribution is -0.221. The Hall–Kier alpha value is -1.92. The number of ether oxygens (including phenoxy) is 1. The number of nitrogens with one attached hydrogen (secondary N) is 1. The summed E-state index contributed by atoms with van der Waals surface area (Å²) in [7, 11) is 1.62. The van der Waals surface area contributed by atoms with Crippen LogP contribution in [0.25, 0.3) is 10.1 Å². The molecule has 5 nitrogen and oxygen atoms in total. The largest absolute Gasteiger partial charge is 0.481 e. The van der Waals surface area contributed by atoms with Crippen molar-refractivity contribution >= 4 is 33.3 Å². The Bertz CT molecular complexity index is 775. The molecule has 126 valence electrons. The van der Waals surface area contributed by atoms with Gasteiger partial charge in [-0.25, -0.2) is 0 Å². The van der Waals surface area contributed by atoms with Crippen molar-refractivity contribution in [2.75, 3.05) is 13.7 Å². The third-order valence-electron chi connectivity index (χ3n) is 5.39. The third kappa shape index (κ3) is 2.17. The van der Waals surface area contributed by atoms with Crippen LogP contribution in [0, 0.1) is 10.8 Å². The highest BCUT2D eigenvalue weighted by Crippen LogP contribution is 2.73. The second-order valence-electron chi connectivity index (χ2n) is 7.06. The quantitative estimate of drug-likeness (QED) is 0.844. The zero-order chi connectivity index (χ0) is 16.9. The number of thiophene rings is 1. The smallest absolute Gasteiger partial charge is 0.309 e. The SMILES string of the molecule is COCC(NC(=O)C12CC(C(=O)O)(C1)C2)c1cc2ccccc2s1. The average Bonchev–Trinajstić information content (AvgIpc) is 2.87. The van der Waals surface area contributed by atoms with E-state index in [0.717, 1.165) is 10.3 Å². The molecular formula is C18H19NO4S. The van der Waals surface area contributed by atoms with E-state index in [-0.39, 0.29) is 11.9 Å².